The molecule has 8 heteroatoms. The topological polar surface area (TPSA) is 15.3 Å². The number of hydrogen-bond donors (Lipinski definition) is 1. The zero-order valence-corrected chi connectivity index (χ0v) is 9.62. The lowest BCUT2D eigenvalue weighted by Gasteiger charge is -2.23. The Morgan fingerprint density at radius 3 is 1.82 bits per heavy atom. The summed E-state index contributed by atoms with van der Waals surface area (Å²) in [5, 5.41) is 2.19. The van der Waals surface area contributed by atoms with Crippen LogP contribution in [0.5, 0.6) is 0 Å². The van der Waals surface area contributed by atoms with Gasteiger partial charge in [0.2, 0.25) is 0 Å². The van der Waals surface area contributed by atoms with Gasteiger partial charge in [-0.1, -0.05) is 0 Å². The van der Waals surface area contributed by atoms with E-state index in [0.29, 0.717) is 13.0 Å². The van der Waals surface area contributed by atoms with Crippen molar-refractivity contribution in [3.63, 3.8) is 0 Å². The van der Waals surface area contributed by atoms with E-state index in [0.717, 1.165) is 0 Å². The van der Waals surface area contributed by atoms with Crippen LogP contribution < -0.4 is 5.32 Å². The molecule has 0 unspecified atom stereocenters. The van der Waals surface area contributed by atoms with E-state index in [2.05, 4.69) is 5.32 Å². The van der Waals surface area contributed by atoms with Gasteiger partial charge >= 0.3 is 12.4 Å². The number of nitrogens with zero attached hydrogens (tertiary/aromatic N) is 1. The summed E-state index contributed by atoms with van der Waals surface area (Å²) in [5.41, 5.74) is 0. The maximum Gasteiger partial charge on any atom is 0.401 e. The van der Waals surface area contributed by atoms with Gasteiger partial charge in [0.1, 0.15) is 0 Å². The smallest absolute Gasteiger partial charge is 0.316 e. The molecule has 2 nitrogen and oxygen atoms in total. The third kappa shape index (κ3) is 7.43. The summed E-state index contributed by atoms with van der Waals surface area (Å²) in [6, 6.07) is 0. The summed E-state index contributed by atoms with van der Waals surface area (Å²) in [6.07, 6.45) is -10.0. The molecule has 17 heavy (non-hydrogen) atoms. The van der Waals surface area contributed by atoms with E-state index in [1.54, 1.807) is 19.0 Å². The Balaban J connectivity index is 4.04. The fourth-order valence-electron chi connectivity index (χ4n) is 1.18. The first-order valence-corrected chi connectivity index (χ1v) is 5.04. The van der Waals surface area contributed by atoms with Crippen molar-refractivity contribution >= 4 is 0 Å². The van der Waals surface area contributed by atoms with Crippen LogP contribution in [0.4, 0.5) is 26.3 Å². The second-order valence-corrected chi connectivity index (χ2v) is 4.00. The Morgan fingerprint density at radius 2 is 1.47 bits per heavy atom. The normalized spacial score (nSPS) is 13.8. The molecule has 0 fully saturated rings. The lowest BCUT2D eigenvalue weighted by molar-refractivity contribution is -0.281. The van der Waals surface area contributed by atoms with Crippen molar-refractivity contribution in [1.29, 1.82) is 0 Å². The average molecular weight is 266 g/mol. The summed E-state index contributed by atoms with van der Waals surface area (Å²) in [7, 11) is 3.54. The predicted octanol–water partition coefficient (Wildman–Crippen LogP) is 2.27. The molecule has 0 aliphatic heterocycles. The summed E-state index contributed by atoms with van der Waals surface area (Å²) in [5.74, 6) is -3.30. The molecule has 0 saturated heterocycles. The van der Waals surface area contributed by atoms with Gasteiger partial charge in [0.15, 0.2) is 5.92 Å². The third-order valence-corrected chi connectivity index (χ3v) is 2.10. The zero-order valence-electron chi connectivity index (χ0n) is 9.62. The summed E-state index contributed by atoms with van der Waals surface area (Å²) in [6.45, 7) is -0.392. The Labute approximate surface area is 96.0 Å². The van der Waals surface area contributed by atoms with E-state index in [1.807, 2.05) is 0 Å². The Hall–Kier alpha value is -0.500. The molecule has 0 spiro atoms. The van der Waals surface area contributed by atoms with Crippen LogP contribution in [0, 0.1) is 5.92 Å². The van der Waals surface area contributed by atoms with Crippen molar-refractivity contribution in [3.8, 4) is 0 Å². The summed E-state index contributed by atoms with van der Waals surface area (Å²) >= 11 is 0. The number of hydrogen-bond acceptors (Lipinski definition) is 2. The van der Waals surface area contributed by atoms with E-state index < -0.39 is 24.8 Å². The van der Waals surface area contributed by atoms with E-state index >= 15 is 0 Å². The monoisotopic (exact) mass is 266 g/mol. The lowest BCUT2D eigenvalue weighted by Crippen LogP contribution is -2.43. The first-order chi connectivity index (χ1) is 7.55. The molecular weight excluding hydrogens is 250 g/mol. The molecule has 0 heterocycles. The van der Waals surface area contributed by atoms with Crippen LogP contribution in [0.1, 0.15) is 6.42 Å². The fraction of sp³-hybridized carbons (Fsp3) is 1.00. The van der Waals surface area contributed by atoms with E-state index in [9.17, 15) is 26.3 Å². The van der Waals surface area contributed by atoms with E-state index in [-0.39, 0.29) is 6.54 Å². The van der Waals surface area contributed by atoms with Crippen molar-refractivity contribution in [1.82, 2.24) is 10.2 Å². The first kappa shape index (κ1) is 16.5. The van der Waals surface area contributed by atoms with Crippen LogP contribution in [-0.2, 0) is 0 Å². The summed E-state index contributed by atoms with van der Waals surface area (Å²) < 4.78 is 72.5. The van der Waals surface area contributed by atoms with Gasteiger partial charge in [-0.15, -0.1) is 0 Å². The highest BCUT2D eigenvalue weighted by molar-refractivity contribution is 4.77. The number of alkyl halides is 6. The minimum absolute atomic E-state index is 0.126. The Kier molecular flexibility index (Phi) is 6.25. The molecule has 0 aromatic rings. The Bertz CT molecular complexity index is 197. The van der Waals surface area contributed by atoms with Crippen molar-refractivity contribution in [2.45, 2.75) is 18.8 Å². The number of rotatable bonds is 6. The van der Waals surface area contributed by atoms with Gasteiger partial charge in [-0.05, 0) is 33.6 Å². The third-order valence-electron chi connectivity index (χ3n) is 2.10. The van der Waals surface area contributed by atoms with Crippen LogP contribution in [-0.4, -0.2) is 51.0 Å². The maximum absolute atomic E-state index is 12.1. The largest absolute Gasteiger partial charge is 0.401 e. The second kappa shape index (κ2) is 6.44. The molecule has 1 N–H and O–H groups in total. The standard InChI is InChI=1S/C9H16F6N2/c1-17(2)5-3-4-16-6-7(8(10,11)12)9(13,14)15/h7,16H,3-6H2,1-2H3. The molecule has 0 amide bonds. The van der Waals surface area contributed by atoms with Gasteiger partial charge < -0.3 is 10.2 Å². The van der Waals surface area contributed by atoms with Crippen LogP contribution in [0.15, 0.2) is 0 Å². The van der Waals surface area contributed by atoms with Gasteiger partial charge in [0, 0.05) is 6.54 Å². The minimum Gasteiger partial charge on any atom is -0.316 e. The zero-order chi connectivity index (χ0) is 13.7. The Morgan fingerprint density at radius 1 is 1.00 bits per heavy atom. The van der Waals surface area contributed by atoms with Gasteiger partial charge in [0.05, 0.1) is 0 Å². The molecule has 0 aromatic carbocycles. The van der Waals surface area contributed by atoms with Gasteiger partial charge in [-0.3, -0.25) is 0 Å². The number of halogens is 6. The van der Waals surface area contributed by atoms with Gasteiger partial charge in [-0.2, -0.15) is 26.3 Å². The lowest BCUT2D eigenvalue weighted by atomic mass is 10.1. The molecule has 104 valence electrons. The fourth-order valence-corrected chi connectivity index (χ4v) is 1.18. The van der Waals surface area contributed by atoms with Crippen molar-refractivity contribution in [2.75, 3.05) is 33.7 Å². The van der Waals surface area contributed by atoms with E-state index in [4.69, 9.17) is 0 Å². The first-order valence-electron chi connectivity index (χ1n) is 5.04. The quantitative estimate of drug-likeness (QED) is 0.586. The van der Waals surface area contributed by atoms with Crippen LogP contribution in [0.25, 0.3) is 0 Å². The summed E-state index contributed by atoms with van der Waals surface area (Å²) in [4.78, 5) is 1.80. The van der Waals surface area contributed by atoms with Gasteiger partial charge in [-0.25, -0.2) is 0 Å². The van der Waals surface area contributed by atoms with Crippen molar-refractivity contribution < 1.29 is 26.3 Å². The molecule has 0 rings (SSSR count). The highest BCUT2D eigenvalue weighted by Gasteiger charge is 2.56. The van der Waals surface area contributed by atoms with E-state index in [1.165, 1.54) is 0 Å². The second-order valence-electron chi connectivity index (χ2n) is 4.00. The van der Waals surface area contributed by atoms with Crippen LogP contribution >= 0.6 is 0 Å². The van der Waals surface area contributed by atoms with Crippen molar-refractivity contribution in [3.05, 3.63) is 0 Å². The molecule has 0 radical (unpaired) electrons. The molecule has 0 aliphatic rings. The average Bonchev–Trinajstić information content (AvgIpc) is 2.05. The minimum atomic E-state index is -5.26. The molecule has 0 atom stereocenters. The number of nitrogens with one attached hydrogen (secondary N) is 1. The maximum atomic E-state index is 12.1. The van der Waals surface area contributed by atoms with Crippen LogP contribution in [0.2, 0.25) is 0 Å². The van der Waals surface area contributed by atoms with Gasteiger partial charge in [0.25, 0.3) is 0 Å². The molecule has 0 saturated carbocycles. The highest BCUT2D eigenvalue weighted by Crippen LogP contribution is 2.38. The highest BCUT2D eigenvalue weighted by atomic mass is 19.4. The molecule has 0 aromatic heterocycles. The SMILES string of the molecule is CN(C)CCCNCC(C(F)(F)F)C(F)(F)F. The molecule has 0 bridgehead atoms. The van der Waals surface area contributed by atoms with Crippen molar-refractivity contribution in [2.24, 2.45) is 5.92 Å². The van der Waals surface area contributed by atoms with Crippen LogP contribution in [0.3, 0.4) is 0 Å². The predicted molar refractivity (Wildman–Crippen MR) is 51.6 cm³/mol. The molecular formula is C9H16F6N2. The molecule has 0 aliphatic carbocycles.